The van der Waals surface area contributed by atoms with Gasteiger partial charge in [-0.15, -0.1) is 11.8 Å². The van der Waals surface area contributed by atoms with Crippen LogP contribution < -0.4 is 10.5 Å². The first-order chi connectivity index (χ1) is 8.19. The molecule has 0 heterocycles. The van der Waals surface area contributed by atoms with Crippen LogP contribution in [0.2, 0.25) is 0 Å². The molecule has 1 atom stereocenters. The molecular weight excluding hydrogens is 238 g/mol. The van der Waals surface area contributed by atoms with E-state index in [1.807, 2.05) is 25.1 Å². The lowest BCUT2D eigenvalue weighted by Crippen LogP contribution is -2.14. The number of benzene rings is 1. The molecule has 1 rings (SSSR count). The van der Waals surface area contributed by atoms with Crippen LogP contribution >= 0.6 is 11.8 Å². The van der Waals surface area contributed by atoms with Crippen molar-refractivity contribution in [1.29, 1.82) is 0 Å². The molecule has 0 spiro atoms. The first-order valence-electron chi connectivity index (χ1n) is 5.62. The van der Waals surface area contributed by atoms with Crippen LogP contribution in [-0.4, -0.2) is 35.3 Å². The number of ether oxygens (including phenoxy) is 1. The predicted molar refractivity (Wildman–Crippen MR) is 70.5 cm³/mol. The van der Waals surface area contributed by atoms with Gasteiger partial charge in [0.25, 0.3) is 0 Å². The maximum absolute atomic E-state index is 9.28. The second-order valence-corrected chi connectivity index (χ2v) is 4.73. The molecule has 1 aromatic rings. The fourth-order valence-electron chi connectivity index (χ4n) is 1.23. The Morgan fingerprint density at radius 3 is 2.88 bits per heavy atom. The molecule has 0 aliphatic rings. The molecule has 5 heteroatoms. The van der Waals surface area contributed by atoms with E-state index in [0.29, 0.717) is 23.8 Å². The van der Waals surface area contributed by atoms with Gasteiger partial charge in [0.1, 0.15) is 5.75 Å². The van der Waals surface area contributed by atoms with Crippen molar-refractivity contribution in [3.63, 3.8) is 0 Å². The molecular formula is C12H19NO3S. The quantitative estimate of drug-likeness (QED) is 0.510. The topological polar surface area (TPSA) is 75.7 Å². The number of hydrogen-bond donors (Lipinski definition) is 3. The van der Waals surface area contributed by atoms with Crippen molar-refractivity contribution in [3.05, 3.63) is 18.2 Å². The molecule has 0 amide bonds. The van der Waals surface area contributed by atoms with Gasteiger partial charge in [0, 0.05) is 10.6 Å². The summed E-state index contributed by atoms with van der Waals surface area (Å²) in [5, 5.41) is 18.0. The average molecular weight is 257 g/mol. The second-order valence-electron chi connectivity index (χ2n) is 3.66. The average Bonchev–Trinajstić information content (AvgIpc) is 2.35. The summed E-state index contributed by atoms with van der Waals surface area (Å²) in [6, 6.07) is 5.58. The summed E-state index contributed by atoms with van der Waals surface area (Å²) in [4.78, 5) is 0.867. The van der Waals surface area contributed by atoms with E-state index in [4.69, 9.17) is 15.6 Å². The molecule has 0 saturated carbocycles. The van der Waals surface area contributed by atoms with Crippen molar-refractivity contribution in [2.75, 3.05) is 24.7 Å². The zero-order chi connectivity index (χ0) is 12.7. The number of rotatable bonds is 7. The SMILES string of the molecule is CCCOc1cccc(SCC(O)CO)c1N. The monoisotopic (exact) mass is 257 g/mol. The minimum atomic E-state index is -0.723. The summed E-state index contributed by atoms with van der Waals surface area (Å²) in [6.45, 7) is 2.43. The lowest BCUT2D eigenvalue weighted by Gasteiger charge is -2.12. The van der Waals surface area contributed by atoms with Gasteiger partial charge in [0.05, 0.1) is 25.0 Å². The molecule has 0 saturated heterocycles. The Bertz CT molecular complexity index is 347. The van der Waals surface area contributed by atoms with Crippen LogP contribution in [-0.2, 0) is 0 Å². The summed E-state index contributed by atoms with van der Waals surface area (Å²) >= 11 is 1.41. The molecule has 0 aliphatic heterocycles. The Balaban J connectivity index is 2.65. The molecule has 1 unspecified atom stereocenters. The third-order valence-corrected chi connectivity index (χ3v) is 3.35. The number of nitrogens with two attached hydrogens (primary N) is 1. The summed E-state index contributed by atoms with van der Waals surface area (Å²) in [6.07, 6.45) is 0.208. The van der Waals surface area contributed by atoms with E-state index in [0.717, 1.165) is 11.3 Å². The van der Waals surface area contributed by atoms with Gasteiger partial charge in [-0.3, -0.25) is 0 Å². The van der Waals surface area contributed by atoms with E-state index in [1.54, 1.807) is 0 Å². The van der Waals surface area contributed by atoms with Crippen LogP contribution in [0.5, 0.6) is 5.75 Å². The van der Waals surface area contributed by atoms with Gasteiger partial charge in [0.2, 0.25) is 0 Å². The first kappa shape index (κ1) is 14.2. The number of nitrogen functional groups attached to an aromatic ring is 1. The summed E-state index contributed by atoms with van der Waals surface area (Å²) in [7, 11) is 0. The Morgan fingerprint density at radius 1 is 1.47 bits per heavy atom. The standard InChI is InChI=1S/C12H19NO3S/c1-2-6-16-10-4-3-5-11(12(10)13)17-8-9(15)7-14/h3-5,9,14-15H,2,6-8,13H2,1H3. The third kappa shape index (κ3) is 4.46. The minimum absolute atomic E-state index is 0.237. The number of aliphatic hydroxyl groups is 2. The normalized spacial score (nSPS) is 12.4. The lowest BCUT2D eigenvalue weighted by atomic mass is 10.3. The largest absolute Gasteiger partial charge is 0.491 e. The summed E-state index contributed by atoms with van der Waals surface area (Å²) in [5.41, 5.74) is 6.56. The van der Waals surface area contributed by atoms with Crippen LogP contribution in [0.1, 0.15) is 13.3 Å². The van der Waals surface area contributed by atoms with Crippen LogP contribution in [0.25, 0.3) is 0 Å². The van der Waals surface area contributed by atoms with E-state index >= 15 is 0 Å². The van der Waals surface area contributed by atoms with E-state index in [9.17, 15) is 5.11 Å². The highest BCUT2D eigenvalue weighted by Gasteiger charge is 2.09. The molecule has 0 aromatic heterocycles. The lowest BCUT2D eigenvalue weighted by molar-refractivity contribution is 0.113. The van der Waals surface area contributed by atoms with E-state index in [2.05, 4.69) is 0 Å². The molecule has 0 fully saturated rings. The number of thioether (sulfide) groups is 1. The third-order valence-electron chi connectivity index (χ3n) is 2.13. The molecule has 0 radical (unpaired) electrons. The van der Waals surface area contributed by atoms with E-state index in [1.165, 1.54) is 11.8 Å². The van der Waals surface area contributed by atoms with Crippen molar-refractivity contribution in [3.8, 4) is 5.75 Å². The van der Waals surface area contributed by atoms with Gasteiger partial charge >= 0.3 is 0 Å². The molecule has 0 bridgehead atoms. The molecule has 4 nitrogen and oxygen atoms in total. The Hall–Kier alpha value is -0.910. The van der Waals surface area contributed by atoms with Crippen LogP contribution in [0.3, 0.4) is 0 Å². The van der Waals surface area contributed by atoms with E-state index in [-0.39, 0.29) is 6.61 Å². The van der Waals surface area contributed by atoms with Crippen molar-refractivity contribution < 1.29 is 14.9 Å². The Kier molecular flexibility index (Phi) is 6.18. The zero-order valence-corrected chi connectivity index (χ0v) is 10.7. The molecule has 17 heavy (non-hydrogen) atoms. The molecule has 1 aromatic carbocycles. The molecule has 4 N–H and O–H groups in total. The van der Waals surface area contributed by atoms with Crippen molar-refractivity contribution >= 4 is 17.4 Å². The van der Waals surface area contributed by atoms with Gasteiger partial charge < -0.3 is 20.7 Å². The smallest absolute Gasteiger partial charge is 0.143 e. The fourth-order valence-corrected chi connectivity index (χ4v) is 2.13. The Morgan fingerprint density at radius 2 is 2.24 bits per heavy atom. The second kappa shape index (κ2) is 7.42. The van der Waals surface area contributed by atoms with Gasteiger partial charge in [0.15, 0.2) is 0 Å². The number of anilines is 1. The first-order valence-corrected chi connectivity index (χ1v) is 6.60. The summed E-state index contributed by atoms with van der Waals surface area (Å²) in [5.74, 6) is 1.09. The van der Waals surface area contributed by atoms with Crippen LogP contribution in [0, 0.1) is 0 Å². The summed E-state index contributed by atoms with van der Waals surface area (Å²) < 4.78 is 5.51. The Labute approximate surface area is 106 Å². The van der Waals surface area contributed by atoms with Gasteiger partial charge in [-0.2, -0.15) is 0 Å². The maximum atomic E-state index is 9.28. The van der Waals surface area contributed by atoms with Crippen molar-refractivity contribution in [1.82, 2.24) is 0 Å². The van der Waals surface area contributed by atoms with Gasteiger partial charge in [-0.25, -0.2) is 0 Å². The number of hydrogen-bond acceptors (Lipinski definition) is 5. The van der Waals surface area contributed by atoms with E-state index < -0.39 is 6.10 Å². The fraction of sp³-hybridized carbons (Fsp3) is 0.500. The van der Waals surface area contributed by atoms with Crippen molar-refractivity contribution in [2.45, 2.75) is 24.3 Å². The maximum Gasteiger partial charge on any atom is 0.143 e. The highest BCUT2D eigenvalue weighted by Crippen LogP contribution is 2.32. The van der Waals surface area contributed by atoms with Gasteiger partial charge in [-0.1, -0.05) is 13.0 Å². The highest BCUT2D eigenvalue weighted by molar-refractivity contribution is 7.99. The van der Waals surface area contributed by atoms with Crippen LogP contribution in [0.15, 0.2) is 23.1 Å². The van der Waals surface area contributed by atoms with Crippen LogP contribution in [0.4, 0.5) is 5.69 Å². The van der Waals surface area contributed by atoms with Gasteiger partial charge in [-0.05, 0) is 18.6 Å². The molecule has 96 valence electrons. The molecule has 0 aliphatic carbocycles. The minimum Gasteiger partial charge on any atom is -0.491 e. The highest BCUT2D eigenvalue weighted by atomic mass is 32.2. The number of para-hydroxylation sites is 1. The number of aliphatic hydroxyl groups excluding tert-OH is 2. The van der Waals surface area contributed by atoms with Crippen molar-refractivity contribution in [2.24, 2.45) is 0 Å². The predicted octanol–water partition coefficient (Wildman–Crippen LogP) is 1.50. The zero-order valence-electron chi connectivity index (χ0n) is 9.93.